The van der Waals surface area contributed by atoms with Crippen molar-refractivity contribution in [3.8, 4) is 0 Å². The van der Waals surface area contributed by atoms with Crippen molar-refractivity contribution in [2.45, 2.75) is 32.4 Å². The van der Waals surface area contributed by atoms with E-state index in [-0.39, 0.29) is 5.91 Å². The zero-order chi connectivity index (χ0) is 16.1. The summed E-state index contributed by atoms with van der Waals surface area (Å²) in [6.45, 7) is 4.52. The molecule has 3 heterocycles. The van der Waals surface area contributed by atoms with Crippen LogP contribution >= 0.6 is 11.3 Å². The maximum atomic E-state index is 12.1. The van der Waals surface area contributed by atoms with Gasteiger partial charge in [0.25, 0.3) is 5.91 Å². The van der Waals surface area contributed by atoms with E-state index in [1.165, 1.54) is 0 Å². The molecule has 23 heavy (non-hydrogen) atoms. The molecule has 0 unspecified atom stereocenters. The lowest BCUT2D eigenvalue weighted by Gasteiger charge is -2.12. The van der Waals surface area contributed by atoms with Crippen LogP contribution in [0.4, 0.5) is 5.82 Å². The maximum absolute atomic E-state index is 12.1. The second-order valence-corrected chi connectivity index (χ2v) is 6.48. The summed E-state index contributed by atoms with van der Waals surface area (Å²) in [4.78, 5) is 20.9. The van der Waals surface area contributed by atoms with Crippen LogP contribution in [0.1, 0.15) is 34.4 Å². The van der Waals surface area contributed by atoms with Crippen molar-refractivity contribution >= 4 is 23.1 Å². The van der Waals surface area contributed by atoms with Crippen molar-refractivity contribution in [2.75, 3.05) is 18.4 Å². The molecule has 0 aliphatic carbocycles. The van der Waals surface area contributed by atoms with Gasteiger partial charge in [0.15, 0.2) is 0 Å². The molecule has 0 aromatic carbocycles. The molecular weight excluding hydrogens is 310 g/mol. The Balaban J connectivity index is 1.52. The second kappa shape index (κ2) is 7.52. The van der Waals surface area contributed by atoms with Gasteiger partial charge in [-0.15, -0.1) is 11.3 Å². The zero-order valence-corrected chi connectivity index (χ0v) is 13.9. The van der Waals surface area contributed by atoms with E-state index in [4.69, 9.17) is 0 Å². The number of aromatic nitrogens is 2. The van der Waals surface area contributed by atoms with Crippen molar-refractivity contribution in [1.29, 1.82) is 0 Å². The Labute approximate surface area is 139 Å². The summed E-state index contributed by atoms with van der Waals surface area (Å²) >= 11 is 1.57. The van der Waals surface area contributed by atoms with Gasteiger partial charge >= 0.3 is 0 Å². The summed E-state index contributed by atoms with van der Waals surface area (Å²) < 4.78 is 0. The van der Waals surface area contributed by atoms with Crippen LogP contribution in [0.2, 0.25) is 0 Å². The molecule has 0 radical (unpaired) electrons. The molecule has 1 aliphatic heterocycles. The van der Waals surface area contributed by atoms with Gasteiger partial charge in [0.05, 0.1) is 17.8 Å². The number of thiazole rings is 1. The number of aryl methyl sites for hydroxylation is 1. The van der Waals surface area contributed by atoms with E-state index < -0.39 is 0 Å². The molecule has 3 rings (SSSR count). The maximum Gasteiger partial charge on any atom is 0.253 e. The summed E-state index contributed by atoms with van der Waals surface area (Å²) in [5.41, 5.74) is 1.63. The predicted octanol–water partition coefficient (Wildman–Crippen LogP) is 1.80. The standard InChI is InChI=1S/C16H21N5OS/c1-2-12-10-23-15(21-12)9-19-16(22)11-3-4-14(18-7-11)20-13-5-6-17-8-13/h3-4,7,10,13,17H,2,5-6,8-9H2,1H3,(H,18,20)(H,19,22)/t13-/m0/s1. The van der Waals surface area contributed by atoms with Crippen molar-refractivity contribution in [1.82, 2.24) is 20.6 Å². The van der Waals surface area contributed by atoms with Gasteiger partial charge < -0.3 is 16.0 Å². The highest BCUT2D eigenvalue weighted by atomic mass is 32.1. The SMILES string of the molecule is CCc1csc(CNC(=O)c2ccc(N[C@H]3CCNC3)nc2)n1. The lowest BCUT2D eigenvalue weighted by atomic mass is 10.2. The van der Waals surface area contributed by atoms with E-state index in [2.05, 4.69) is 32.8 Å². The second-order valence-electron chi connectivity index (χ2n) is 5.53. The van der Waals surface area contributed by atoms with Gasteiger partial charge in [-0.3, -0.25) is 4.79 Å². The Bertz CT molecular complexity index is 649. The minimum absolute atomic E-state index is 0.125. The number of anilines is 1. The average Bonchev–Trinajstić information content (AvgIpc) is 3.24. The minimum Gasteiger partial charge on any atom is -0.366 e. The van der Waals surface area contributed by atoms with Crippen LogP contribution in [0.15, 0.2) is 23.7 Å². The number of nitrogens with one attached hydrogen (secondary N) is 3. The summed E-state index contributed by atoms with van der Waals surface area (Å²) in [7, 11) is 0. The van der Waals surface area contributed by atoms with E-state index in [1.54, 1.807) is 23.6 Å². The summed E-state index contributed by atoms with van der Waals surface area (Å²) in [5, 5.41) is 12.5. The molecule has 0 spiro atoms. The number of carbonyl (C=O) groups is 1. The molecule has 1 amide bonds. The molecule has 0 saturated carbocycles. The first-order valence-corrected chi connectivity index (χ1v) is 8.77. The molecule has 1 fully saturated rings. The van der Waals surface area contributed by atoms with Crippen LogP contribution < -0.4 is 16.0 Å². The monoisotopic (exact) mass is 331 g/mol. The van der Waals surface area contributed by atoms with Crippen LogP contribution in [0.3, 0.4) is 0 Å². The number of hydrogen-bond acceptors (Lipinski definition) is 6. The van der Waals surface area contributed by atoms with Gasteiger partial charge in [0, 0.05) is 24.2 Å². The molecule has 2 aromatic heterocycles. The van der Waals surface area contributed by atoms with Crippen LogP contribution in [0.25, 0.3) is 0 Å². The fraction of sp³-hybridized carbons (Fsp3) is 0.438. The molecule has 1 aliphatic rings. The van der Waals surface area contributed by atoms with Gasteiger partial charge in [0.2, 0.25) is 0 Å². The summed E-state index contributed by atoms with van der Waals surface area (Å²) in [5.74, 6) is 0.683. The first kappa shape index (κ1) is 15.9. The van der Waals surface area contributed by atoms with Crippen LogP contribution in [0, 0.1) is 0 Å². The van der Waals surface area contributed by atoms with Crippen molar-refractivity contribution in [2.24, 2.45) is 0 Å². The molecule has 1 saturated heterocycles. The van der Waals surface area contributed by atoms with Gasteiger partial charge in [-0.05, 0) is 31.5 Å². The fourth-order valence-corrected chi connectivity index (χ4v) is 3.27. The summed E-state index contributed by atoms with van der Waals surface area (Å²) in [6.07, 6.45) is 3.62. The fourth-order valence-electron chi connectivity index (χ4n) is 2.45. The third kappa shape index (κ3) is 4.27. The topological polar surface area (TPSA) is 78.9 Å². The lowest BCUT2D eigenvalue weighted by Crippen LogP contribution is -2.24. The van der Waals surface area contributed by atoms with E-state index >= 15 is 0 Å². The number of carbonyl (C=O) groups excluding carboxylic acids is 1. The Hall–Kier alpha value is -1.99. The number of rotatable bonds is 6. The molecule has 2 aromatic rings. The van der Waals surface area contributed by atoms with Gasteiger partial charge in [0.1, 0.15) is 10.8 Å². The highest BCUT2D eigenvalue weighted by Gasteiger charge is 2.14. The van der Waals surface area contributed by atoms with Crippen LogP contribution in [-0.4, -0.2) is 35.0 Å². The summed E-state index contributed by atoms with van der Waals surface area (Å²) in [6, 6.07) is 4.07. The molecule has 7 heteroatoms. The normalized spacial score (nSPS) is 17.2. The highest BCUT2D eigenvalue weighted by Crippen LogP contribution is 2.12. The largest absolute Gasteiger partial charge is 0.366 e. The smallest absolute Gasteiger partial charge is 0.253 e. The first-order valence-electron chi connectivity index (χ1n) is 7.89. The van der Waals surface area contributed by atoms with Crippen molar-refractivity contribution in [3.05, 3.63) is 40.0 Å². The third-order valence-corrected chi connectivity index (χ3v) is 4.70. The molecule has 1 atom stereocenters. The van der Waals surface area contributed by atoms with Gasteiger partial charge in [-0.1, -0.05) is 6.92 Å². The average molecular weight is 331 g/mol. The Morgan fingerprint density at radius 1 is 1.48 bits per heavy atom. The van der Waals surface area contributed by atoms with Crippen molar-refractivity contribution < 1.29 is 4.79 Å². The molecule has 3 N–H and O–H groups in total. The number of hydrogen-bond donors (Lipinski definition) is 3. The molecule has 122 valence electrons. The lowest BCUT2D eigenvalue weighted by molar-refractivity contribution is 0.0950. The van der Waals surface area contributed by atoms with Crippen LogP contribution in [0.5, 0.6) is 0 Å². The molecule has 0 bridgehead atoms. The Morgan fingerprint density at radius 3 is 3.04 bits per heavy atom. The van der Waals surface area contributed by atoms with Gasteiger partial charge in [-0.2, -0.15) is 0 Å². The number of amides is 1. The number of pyridine rings is 1. The highest BCUT2D eigenvalue weighted by molar-refractivity contribution is 7.09. The zero-order valence-electron chi connectivity index (χ0n) is 13.1. The van der Waals surface area contributed by atoms with E-state index in [0.717, 1.165) is 42.5 Å². The Kier molecular flexibility index (Phi) is 5.19. The van der Waals surface area contributed by atoms with Crippen LogP contribution in [-0.2, 0) is 13.0 Å². The minimum atomic E-state index is -0.125. The van der Waals surface area contributed by atoms with Gasteiger partial charge in [-0.25, -0.2) is 9.97 Å². The van der Waals surface area contributed by atoms with E-state index in [0.29, 0.717) is 18.2 Å². The first-order chi connectivity index (χ1) is 11.2. The van der Waals surface area contributed by atoms with E-state index in [9.17, 15) is 4.79 Å². The Morgan fingerprint density at radius 2 is 2.39 bits per heavy atom. The van der Waals surface area contributed by atoms with E-state index in [1.807, 2.05) is 11.4 Å². The number of nitrogens with zero attached hydrogens (tertiary/aromatic N) is 2. The third-order valence-electron chi connectivity index (χ3n) is 3.80. The van der Waals surface area contributed by atoms with Crippen molar-refractivity contribution in [3.63, 3.8) is 0 Å². The predicted molar refractivity (Wildman–Crippen MR) is 91.8 cm³/mol. The molecule has 6 nitrogen and oxygen atoms in total. The molecular formula is C16H21N5OS. The quantitative estimate of drug-likeness (QED) is 0.752.